The Balaban J connectivity index is 0.973. The predicted molar refractivity (Wildman–Crippen MR) is 162 cm³/mol. The molecule has 41 heavy (non-hydrogen) atoms. The Morgan fingerprint density at radius 2 is 1.80 bits per heavy atom. The van der Waals surface area contributed by atoms with Crippen molar-refractivity contribution in [1.82, 2.24) is 19.8 Å². The van der Waals surface area contributed by atoms with Crippen LogP contribution in [0.4, 0.5) is 0 Å². The number of likely N-dealkylation sites (tertiary alicyclic amines) is 1. The zero-order valence-corrected chi connectivity index (χ0v) is 25.0. The first-order chi connectivity index (χ1) is 20.0. The van der Waals surface area contributed by atoms with Gasteiger partial charge in [-0.1, -0.05) is 38.0 Å². The number of carbonyl (C=O) groups excluding carboxylic acids is 2. The van der Waals surface area contributed by atoms with Crippen molar-refractivity contribution < 1.29 is 9.59 Å². The van der Waals surface area contributed by atoms with Crippen LogP contribution in [0.25, 0.3) is 11.3 Å². The number of primary amides is 1. The summed E-state index contributed by atoms with van der Waals surface area (Å²) < 4.78 is 0. The van der Waals surface area contributed by atoms with Gasteiger partial charge in [-0.15, -0.1) is 0 Å². The lowest BCUT2D eigenvalue weighted by Crippen LogP contribution is -2.37. The van der Waals surface area contributed by atoms with Crippen LogP contribution in [0.5, 0.6) is 0 Å². The van der Waals surface area contributed by atoms with Crippen molar-refractivity contribution >= 4 is 11.7 Å². The first-order valence-corrected chi connectivity index (χ1v) is 16.5. The molecule has 7 nitrogen and oxygen atoms in total. The molecule has 0 radical (unpaired) electrons. The number of ketones is 1. The molecule has 6 rings (SSSR count). The van der Waals surface area contributed by atoms with Gasteiger partial charge in [0.2, 0.25) is 5.91 Å². The van der Waals surface area contributed by atoms with E-state index in [1.165, 1.54) is 55.5 Å². The number of nitrogens with two attached hydrogens (primary N) is 1. The van der Waals surface area contributed by atoms with Crippen LogP contribution in [-0.2, 0) is 16.0 Å². The van der Waals surface area contributed by atoms with Crippen LogP contribution in [0.3, 0.4) is 0 Å². The first kappa shape index (κ1) is 28.6. The third kappa shape index (κ3) is 6.03. The van der Waals surface area contributed by atoms with Gasteiger partial charge in [0.1, 0.15) is 11.6 Å². The average Bonchev–Trinajstić information content (AvgIpc) is 3.27. The molecule has 3 N–H and O–H groups in total. The molecule has 1 saturated carbocycles. The Morgan fingerprint density at radius 1 is 1.02 bits per heavy atom. The zero-order valence-electron chi connectivity index (χ0n) is 25.0. The summed E-state index contributed by atoms with van der Waals surface area (Å²) in [6, 6.07) is 7.96. The lowest BCUT2D eigenvalue weighted by Gasteiger charge is -2.33. The highest BCUT2D eigenvalue weighted by molar-refractivity contribution is 5.80. The van der Waals surface area contributed by atoms with E-state index in [9.17, 15) is 9.59 Å². The minimum absolute atomic E-state index is 0.0835. The lowest BCUT2D eigenvalue weighted by atomic mass is 9.87. The summed E-state index contributed by atoms with van der Waals surface area (Å²) >= 11 is 0. The number of fused-ring (bicyclic) bond motifs is 5. The fourth-order valence-electron chi connectivity index (χ4n) is 8.23. The largest absolute Gasteiger partial charge is 0.369 e. The number of nitrogens with one attached hydrogen (secondary N) is 1. The molecule has 1 aliphatic carbocycles. The molecule has 222 valence electrons. The van der Waals surface area contributed by atoms with E-state index in [1.54, 1.807) is 0 Å². The van der Waals surface area contributed by atoms with Crippen LogP contribution >= 0.6 is 0 Å². The maximum atomic E-state index is 11.6. The minimum atomic E-state index is -0.0835. The number of imidazole rings is 1. The first-order valence-electron chi connectivity index (χ1n) is 16.5. The molecule has 3 unspecified atom stereocenters. The van der Waals surface area contributed by atoms with E-state index in [0.29, 0.717) is 24.3 Å². The van der Waals surface area contributed by atoms with Crippen LogP contribution in [0.2, 0.25) is 0 Å². The highest BCUT2D eigenvalue weighted by atomic mass is 16.1. The number of amides is 1. The van der Waals surface area contributed by atoms with Crippen LogP contribution in [0.1, 0.15) is 119 Å². The Kier molecular flexibility index (Phi) is 8.64. The number of hydrogen-bond acceptors (Lipinski definition) is 5. The molecule has 7 heteroatoms. The molecule has 1 amide bonds. The molecule has 4 aliphatic rings. The number of benzene rings is 1. The topological polar surface area (TPSA) is 95.3 Å². The molecule has 2 aromatic rings. The van der Waals surface area contributed by atoms with Crippen molar-refractivity contribution in [3.05, 3.63) is 41.3 Å². The highest BCUT2D eigenvalue weighted by Gasteiger charge is 2.57. The number of rotatable bonds is 15. The third-order valence-electron chi connectivity index (χ3n) is 10.8. The number of unbranched alkanes of at least 4 members (excludes halogenated alkanes) is 4. The van der Waals surface area contributed by atoms with E-state index in [-0.39, 0.29) is 17.2 Å². The molecule has 1 aromatic carbocycles. The second-order valence-corrected chi connectivity index (χ2v) is 13.3. The van der Waals surface area contributed by atoms with E-state index in [1.807, 2.05) is 13.1 Å². The highest BCUT2D eigenvalue weighted by Crippen LogP contribution is 2.59. The van der Waals surface area contributed by atoms with Gasteiger partial charge in [0, 0.05) is 42.8 Å². The average molecular weight is 560 g/mol. The van der Waals surface area contributed by atoms with Crippen LogP contribution in [0, 0.1) is 11.3 Å². The number of H-pyrrole nitrogens is 1. The maximum absolute atomic E-state index is 11.6. The number of Topliss-reactive ketones (excluding diaryl/α,β-unsaturated/α-hetero) is 1. The summed E-state index contributed by atoms with van der Waals surface area (Å²) in [6.07, 6.45) is 17.1. The number of aromatic amines is 1. The summed E-state index contributed by atoms with van der Waals surface area (Å²) in [5.41, 5.74) is 11.4. The summed E-state index contributed by atoms with van der Waals surface area (Å²) in [4.78, 5) is 36.8. The molecule has 3 atom stereocenters. The van der Waals surface area contributed by atoms with E-state index < -0.39 is 0 Å². The van der Waals surface area contributed by atoms with Gasteiger partial charge >= 0.3 is 0 Å². The molecule has 1 aromatic heterocycles. The summed E-state index contributed by atoms with van der Waals surface area (Å²) in [5.74, 6) is 1.53. The van der Waals surface area contributed by atoms with Crippen molar-refractivity contribution in [2.45, 2.75) is 109 Å². The quantitative estimate of drug-likeness (QED) is 0.257. The molecule has 3 aliphatic heterocycles. The predicted octanol–water partition coefficient (Wildman–Crippen LogP) is 6.11. The van der Waals surface area contributed by atoms with Gasteiger partial charge in [-0.25, -0.2) is 4.98 Å². The van der Waals surface area contributed by atoms with E-state index in [2.05, 4.69) is 33.0 Å². The smallest absolute Gasteiger partial charge is 0.221 e. The second kappa shape index (κ2) is 12.4. The monoisotopic (exact) mass is 559 g/mol. The lowest BCUT2D eigenvalue weighted by molar-refractivity contribution is -0.120. The number of aromatic nitrogens is 2. The van der Waals surface area contributed by atoms with Gasteiger partial charge in [-0.3, -0.25) is 14.5 Å². The number of hydrogen-bond donors (Lipinski definition) is 2. The van der Waals surface area contributed by atoms with Gasteiger partial charge in [-0.05, 0) is 101 Å². The normalized spacial score (nSPS) is 24.7. The summed E-state index contributed by atoms with van der Waals surface area (Å²) in [7, 11) is 0. The van der Waals surface area contributed by atoms with Crippen molar-refractivity contribution in [2.75, 3.05) is 26.2 Å². The Labute approximate surface area is 245 Å². The van der Waals surface area contributed by atoms with E-state index >= 15 is 0 Å². The molecule has 2 saturated heterocycles. The molecular weight excluding hydrogens is 510 g/mol. The zero-order chi connectivity index (χ0) is 28.4. The van der Waals surface area contributed by atoms with Gasteiger partial charge in [0.05, 0.1) is 11.9 Å². The number of carbonyl (C=O) groups is 2. The van der Waals surface area contributed by atoms with E-state index in [4.69, 9.17) is 10.7 Å². The Bertz CT molecular complexity index is 1230. The SMILES string of the molecule is CCC(=O)CCCCCCc1ncc(-c2cccc3c2C2CCC3N2CCCCN2CCC3(CC2)CC3C(N)=O)[nH]1. The van der Waals surface area contributed by atoms with Gasteiger partial charge < -0.3 is 15.6 Å². The molecule has 4 heterocycles. The fourth-order valence-corrected chi connectivity index (χ4v) is 8.23. The summed E-state index contributed by atoms with van der Waals surface area (Å²) in [5, 5.41) is 0. The molecular formula is C34H49N5O2. The van der Waals surface area contributed by atoms with Crippen LogP contribution < -0.4 is 5.73 Å². The molecule has 2 bridgehead atoms. The van der Waals surface area contributed by atoms with Crippen LogP contribution in [-0.4, -0.2) is 57.6 Å². The van der Waals surface area contributed by atoms with Gasteiger partial charge in [0.25, 0.3) is 0 Å². The molecule has 1 spiro atoms. The number of aryl methyl sites for hydroxylation is 1. The minimum Gasteiger partial charge on any atom is -0.369 e. The second-order valence-electron chi connectivity index (χ2n) is 13.3. The fraction of sp³-hybridized carbons (Fsp3) is 0.676. The van der Waals surface area contributed by atoms with Crippen molar-refractivity contribution in [1.29, 1.82) is 0 Å². The van der Waals surface area contributed by atoms with Gasteiger partial charge in [0.15, 0.2) is 0 Å². The number of nitrogens with zero attached hydrogens (tertiary/aromatic N) is 3. The van der Waals surface area contributed by atoms with Crippen molar-refractivity contribution in [2.24, 2.45) is 17.1 Å². The van der Waals surface area contributed by atoms with Crippen LogP contribution in [0.15, 0.2) is 24.4 Å². The van der Waals surface area contributed by atoms with Crippen molar-refractivity contribution in [3.63, 3.8) is 0 Å². The molecule has 3 fully saturated rings. The van der Waals surface area contributed by atoms with Crippen molar-refractivity contribution in [3.8, 4) is 11.3 Å². The number of piperidine rings is 1. The van der Waals surface area contributed by atoms with Gasteiger partial charge in [-0.2, -0.15) is 0 Å². The Morgan fingerprint density at radius 3 is 2.59 bits per heavy atom. The third-order valence-corrected chi connectivity index (χ3v) is 10.8. The Hall–Kier alpha value is -2.51. The van der Waals surface area contributed by atoms with E-state index in [0.717, 1.165) is 82.4 Å². The standard InChI is InChI=1S/C34H49N5O2/c1-2-24(40)10-5-3-4-6-13-31-36-23-28(37-31)25-11-9-12-26-29-14-15-30(32(25)26)39(29)19-8-7-18-38-20-16-34(17-21-38)22-27(34)33(35)41/h9,11-12,23,27,29-30H,2-8,10,13-22H2,1H3,(H2,35,41)(H,36,37). The summed E-state index contributed by atoms with van der Waals surface area (Å²) in [6.45, 7) is 6.54. The maximum Gasteiger partial charge on any atom is 0.221 e.